The van der Waals surface area contributed by atoms with Gasteiger partial charge < -0.3 is 5.21 Å². The standard InChI is InChI=1S/C4H11N3O2/c1-4(2,3)5-7(9)6-8/h5,9H,1-3H3/p+1. The molecule has 0 aliphatic heterocycles. The van der Waals surface area contributed by atoms with Crippen LogP contribution in [-0.4, -0.2) is 20.9 Å². The van der Waals surface area contributed by atoms with E-state index in [1.165, 1.54) is 0 Å². The molecule has 5 nitrogen and oxygen atoms in total. The summed E-state index contributed by atoms with van der Waals surface area (Å²) in [4.78, 5) is 0.264. The fourth-order valence-corrected chi connectivity index (χ4v) is 0.322. The number of hydrazine groups is 1. The molecule has 0 fully saturated rings. The van der Waals surface area contributed by atoms with Crippen molar-refractivity contribution in [1.29, 1.82) is 0 Å². The summed E-state index contributed by atoms with van der Waals surface area (Å²) in [5, 5.41) is 18.9. The highest BCUT2D eigenvalue weighted by atomic mass is 16.6. The highest BCUT2D eigenvalue weighted by molar-refractivity contribution is 4.61. The Labute approximate surface area is 53.5 Å². The Morgan fingerprint density at radius 1 is 1.44 bits per heavy atom. The van der Waals surface area contributed by atoms with Crippen molar-refractivity contribution < 1.29 is 15.4 Å². The molecule has 0 saturated heterocycles. The molecule has 0 aromatic heterocycles. The highest BCUT2D eigenvalue weighted by Crippen LogP contribution is 1.96. The maximum absolute atomic E-state index is 8.50. The van der Waals surface area contributed by atoms with Crippen LogP contribution in [-0.2, 0) is 0 Å². The van der Waals surface area contributed by atoms with Crippen LogP contribution in [0.15, 0.2) is 5.28 Å². The Morgan fingerprint density at radius 3 is 2.00 bits per heavy atom. The average Bonchev–Trinajstić information content (AvgIpc) is 1.62. The molecule has 0 bridgehead atoms. The second kappa shape index (κ2) is 2.52. The van der Waals surface area contributed by atoms with Crippen LogP contribution in [0.3, 0.4) is 0 Å². The van der Waals surface area contributed by atoms with Crippen LogP contribution in [0.2, 0.25) is 0 Å². The Bertz CT molecular complexity index is 115. The van der Waals surface area contributed by atoms with Gasteiger partial charge in [0.05, 0.1) is 5.54 Å². The normalized spacial score (nSPS) is 13.4. The molecule has 0 spiro atoms. The number of nitrogens with zero attached hydrogens (tertiary/aromatic N) is 2. The van der Waals surface area contributed by atoms with Gasteiger partial charge in [-0.2, -0.15) is 0 Å². The average molecular weight is 134 g/mol. The van der Waals surface area contributed by atoms with Gasteiger partial charge in [-0.1, -0.05) is 0 Å². The fraction of sp³-hybridized carbons (Fsp3) is 1.00. The third kappa shape index (κ3) is 4.86. The van der Waals surface area contributed by atoms with Crippen LogP contribution < -0.4 is 5.43 Å². The van der Waals surface area contributed by atoms with Gasteiger partial charge in [0.15, 0.2) is 0 Å². The summed E-state index contributed by atoms with van der Waals surface area (Å²) in [6, 6.07) is 0. The molecule has 0 amide bonds. The smallest absolute Gasteiger partial charge is 0.271 e. The van der Waals surface area contributed by atoms with Gasteiger partial charge in [0, 0.05) is 0 Å². The third-order valence-electron chi connectivity index (χ3n) is 0.520. The van der Waals surface area contributed by atoms with E-state index in [-0.39, 0.29) is 10.5 Å². The summed E-state index contributed by atoms with van der Waals surface area (Å²) in [5.74, 6) is 0. The van der Waals surface area contributed by atoms with E-state index in [4.69, 9.17) is 10.4 Å². The van der Waals surface area contributed by atoms with Crippen molar-refractivity contribution in [2.45, 2.75) is 26.3 Å². The first-order chi connectivity index (χ1) is 3.95. The SMILES string of the molecule is CC(C)(C)N[N+](O)=NO. The zero-order valence-corrected chi connectivity index (χ0v) is 5.79. The van der Waals surface area contributed by atoms with E-state index in [0.717, 1.165) is 0 Å². The van der Waals surface area contributed by atoms with Gasteiger partial charge in [-0.15, -0.1) is 5.43 Å². The van der Waals surface area contributed by atoms with Gasteiger partial charge in [0.2, 0.25) is 0 Å². The molecule has 0 aliphatic carbocycles. The zero-order valence-electron chi connectivity index (χ0n) is 5.79. The molecule has 0 heterocycles. The molecule has 5 heteroatoms. The zero-order chi connectivity index (χ0) is 7.49. The van der Waals surface area contributed by atoms with Crippen molar-refractivity contribution >= 4 is 0 Å². The van der Waals surface area contributed by atoms with E-state index in [1.807, 2.05) is 20.8 Å². The first-order valence-electron chi connectivity index (χ1n) is 2.57. The monoisotopic (exact) mass is 134 g/mol. The van der Waals surface area contributed by atoms with Crippen molar-refractivity contribution in [2.75, 3.05) is 0 Å². The van der Waals surface area contributed by atoms with Gasteiger partial charge >= 0.3 is 0 Å². The van der Waals surface area contributed by atoms with Crippen molar-refractivity contribution in [3.05, 3.63) is 0 Å². The lowest BCUT2D eigenvalue weighted by atomic mass is 10.1. The molecule has 0 aliphatic rings. The minimum Gasteiger partial charge on any atom is -0.357 e. The van der Waals surface area contributed by atoms with E-state index < -0.39 is 0 Å². The van der Waals surface area contributed by atoms with Gasteiger partial charge in [-0.3, -0.25) is 0 Å². The molecule has 0 radical (unpaired) electrons. The van der Waals surface area contributed by atoms with Crippen LogP contribution >= 0.6 is 0 Å². The Hall–Kier alpha value is -1.00. The van der Waals surface area contributed by atoms with E-state index in [1.54, 1.807) is 0 Å². The van der Waals surface area contributed by atoms with Crippen LogP contribution in [0.5, 0.6) is 0 Å². The molecule has 0 atom stereocenters. The van der Waals surface area contributed by atoms with E-state index in [9.17, 15) is 0 Å². The molecular formula is C4H12N3O2+. The lowest BCUT2D eigenvalue weighted by molar-refractivity contribution is -0.881. The van der Waals surface area contributed by atoms with Crippen LogP contribution in [0.25, 0.3) is 0 Å². The first-order valence-corrected chi connectivity index (χ1v) is 2.57. The predicted molar refractivity (Wildman–Crippen MR) is 29.2 cm³/mol. The fourth-order valence-electron chi connectivity index (χ4n) is 0.322. The molecule has 0 rings (SSSR count). The Balaban J connectivity index is 3.75. The second-order valence-electron chi connectivity index (χ2n) is 2.74. The van der Waals surface area contributed by atoms with Crippen molar-refractivity contribution in [3.63, 3.8) is 0 Å². The minimum absolute atomic E-state index is 0.264. The Kier molecular flexibility index (Phi) is 2.24. The third-order valence-corrected chi connectivity index (χ3v) is 0.520. The van der Waals surface area contributed by atoms with E-state index in [2.05, 4.69) is 10.7 Å². The summed E-state index contributed by atoms with van der Waals surface area (Å²) in [7, 11) is 0. The molecule has 54 valence electrons. The van der Waals surface area contributed by atoms with Gasteiger partial charge in [0.1, 0.15) is 0 Å². The highest BCUT2D eigenvalue weighted by Gasteiger charge is 2.17. The van der Waals surface area contributed by atoms with Crippen LogP contribution in [0.4, 0.5) is 0 Å². The summed E-state index contributed by atoms with van der Waals surface area (Å²) < 4.78 is 0. The van der Waals surface area contributed by atoms with E-state index >= 15 is 0 Å². The number of hydrogen-bond acceptors (Lipinski definition) is 1. The van der Waals surface area contributed by atoms with Gasteiger partial charge in [0.25, 0.3) is 10.2 Å². The number of hydrogen-bond donors (Lipinski definition) is 3. The predicted octanol–water partition coefficient (Wildman–Crippen LogP) is 0.533. The summed E-state index contributed by atoms with van der Waals surface area (Å²) in [6.45, 7) is 5.46. The lowest BCUT2D eigenvalue weighted by Gasteiger charge is -2.10. The maximum Gasteiger partial charge on any atom is 0.271 e. The topological polar surface area (TPSA) is 67.9 Å². The molecule has 0 aromatic carbocycles. The summed E-state index contributed by atoms with van der Waals surface area (Å²) >= 11 is 0. The van der Waals surface area contributed by atoms with E-state index in [0.29, 0.717) is 0 Å². The van der Waals surface area contributed by atoms with Crippen molar-refractivity contribution in [2.24, 2.45) is 5.28 Å². The largest absolute Gasteiger partial charge is 0.357 e. The molecule has 0 aromatic rings. The van der Waals surface area contributed by atoms with Gasteiger partial charge in [-0.25, -0.2) is 5.21 Å². The quantitative estimate of drug-likeness (QED) is 0.278. The molecule has 0 saturated carbocycles. The van der Waals surface area contributed by atoms with Crippen LogP contribution in [0, 0.1) is 0 Å². The number of nitrogens with one attached hydrogen (secondary N) is 1. The summed E-state index contributed by atoms with van der Waals surface area (Å²) in [5.41, 5.74) is 2.14. The second-order valence-corrected chi connectivity index (χ2v) is 2.74. The summed E-state index contributed by atoms with van der Waals surface area (Å²) in [6.07, 6.45) is 0. The molecule has 0 unspecified atom stereocenters. The first kappa shape index (κ1) is 8.00. The molecular weight excluding hydrogens is 122 g/mol. The van der Waals surface area contributed by atoms with Gasteiger partial charge in [-0.05, 0) is 20.8 Å². The molecule has 9 heavy (non-hydrogen) atoms. The maximum atomic E-state index is 8.50. The number of rotatable bonds is 1. The molecule has 3 N–H and O–H groups in total. The Morgan fingerprint density at radius 2 is 1.89 bits per heavy atom. The van der Waals surface area contributed by atoms with Crippen molar-refractivity contribution in [1.82, 2.24) is 5.43 Å². The van der Waals surface area contributed by atoms with Crippen LogP contribution in [0.1, 0.15) is 20.8 Å². The van der Waals surface area contributed by atoms with Crippen molar-refractivity contribution in [3.8, 4) is 0 Å². The minimum atomic E-state index is -0.305. The lowest BCUT2D eigenvalue weighted by Crippen LogP contribution is -2.41.